The summed E-state index contributed by atoms with van der Waals surface area (Å²) in [5, 5.41) is 4.96. The maximum atomic E-state index is 13.6. The van der Waals surface area contributed by atoms with Crippen molar-refractivity contribution in [3.63, 3.8) is 0 Å². The smallest absolute Gasteiger partial charge is 0.263 e. The molecule has 0 saturated carbocycles. The molecule has 1 N–H and O–H groups in total. The Morgan fingerprint density at radius 1 is 0.750 bits per heavy atom. The van der Waals surface area contributed by atoms with Crippen LogP contribution in [-0.4, -0.2) is 18.2 Å². The lowest BCUT2D eigenvalue weighted by Crippen LogP contribution is -2.16. The van der Waals surface area contributed by atoms with Crippen LogP contribution in [0.3, 0.4) is 0 Å². The number of rotatable bonds is 6. The van der Waals surface area contributed by atoms with Crippen LogP contribution in [0.2, 0.25) is 0 Å². The van der Waals surface area contributed by atoms with Gasteiger partial charge in [-0.2, -0.15) is 5.10 Å². The van der Waals surface area contributed by atoms with Crippen molar-refractivity contribution in [2.24, 2.45) is 0 Å². The van der Waals surface area contributed by atoms with E-state index in [2.05, 4.69) is 20.7 Å². The average Bonchev–Trinajstić information content (AvgIpc) is 3.23. The van der Waals surface area contributed by atoms with Crippen LogP contribution in [0.15, 0.2) is 112 Å². The predicted molar refractivity (Wildman–Crippen MR) is 149 cm³/mol. The molecule has 0 bridgehead atoms. The SMILES string of the molecule is Cc1ccc(-c2nn(-c3ccccc3)c(NS(=O)(=O)c3ccc(C)cc3)c2-c2ccccc2Br)cc1. The fraction of sp³-hybridized carbons (Fsp3) is 0.0690. The summed E-state index contributed by atoms with van der Waals surface area (Å²) in [6.45, 7) is 3.95. The summed E-state index contributed by atoms with van der Waals surface area (Å²) >= 11 is 3.67. The zero-order valence-electron chi connectivity index (χ0n) is 19.8. The highest BCUT2D eigenvalue weighted by Crippen LogP contribution is 2.42. The highest BCUT2D eigenvalue weighted by atomic mass is 79.9. The molecule has 5 nitrogen and oxygen atoms in total. The van der Waals surface area contributed by atoms with Crippen molar-refractivity contribution in [1.82, 2.24) is 9.78 Å². The molecule has 0 fully saturated rings. The number of nitrogens with one attached hydrogen (secondary N) is 1. The molecule has 7 heteroatoms. The Morgan fingerprint density at radius 2 is 1.33 bits per heavy atom. The van der Waals surface area contributed by atoms with E-state index in [1.165, 1.54) is 0 Å². The van der Waals surface area contributed by atoms with Crippen molar-refractivity contribution >= 4 is 31.8 Å². The van der Waals surface area contributed by atoms with Gasteiger partial charge in [-0.05, 0) is 44.2 Å². The zero-order valence-corrected chi connectivity index (χ0v) is 22.2. The first kappa shape index (κ1) is 24.0. The lowest BCUT2D eigenvalue weighted by atomic mass is 10.0. The molecule has 180 valence electrons. The first-order valence-electron chi connectivity index (χ1n) is 11.4. The van der Waals surface area contributed by atoms with E-state index in [9.17, 15) is 8.42 Å². The van der Waals surface area contributed by atoms with Gasteiger partial charge in [0.05, 0.1) is 16.1 Å². The third-order valence-electron chi connectivity index (χ3n) is 5.92. The van der Waals surface area contributed by atoms with Crippen molar-refractivity contribution < 1.29 is 8.42 Å². The number of hydrogen-bond donors (Lipinski definition) is 1. The molecular formula is C29H24BrN3O2S. The second kappa shape index (κ2) is 9.76. The Hall–Kier alpha value is -3.68. The summed E-state index contributed by atoms with van der Waals surface area (Å²) in [4.78, 5) is 0.184. The number of aromatic nitrogens is 2. The van der Waals surface area contributed by atoms with Gasteiger partial charge in [-0.25, -0.2) is 13.1 Å². The number of anilines is 1. The Morgan fingerprint density at radius 3 is 1.97 bits per heavy atom. The third-order valence-corrected chi connectivity index (χ3v) is 7.96. The molecule has 0 radical (unpaired) electrons. The second-order valence-electron chi connectivity index (χ2n) is 8.58. The van der Waals surface area contributed by atoms with E-state index in [1.807, 2.05) is 92.7 Å². The zero-order chi connectivity index (χ0) is 25.3. The molecule has 4 aromatic carbocycles. The molecule has 0 saturated heterocycles. The Labute approximate surface area is 219 Å². The minimum Gasteiger partial charge on any atom is -0.263 e. The number of hydrogen-bond acceptors (Lipinski definition) is 3. The van der Waals surface area contributed by atoms with Crippen molar-refractivity contribution in [2.75, 3.05) is 4.72 Å². The number of nitrogens with zero attached hydrogens (tertiary/aromatic N) is 2. The lowest BCUT2D eigenvalue weighted by Gasteiger charge is -2.14. The van der Waals surface area contributed by atoms with E-state index in [4.69, 9.17) is 5.10 Å². The molecule has 0 amide bonds. The Balaban J connectivity index is 1.81. The summed E-state index contributed by atoms with van der Waals surface area (Å²) in [6, 6.07) is 32.1. The third kappa shape index (κ3) is 4.72. The van der Waals surface area contributed by atoms with Gasteiger partial charge in [0.1, 0.15) is 5.69 Å². The molecule has 36 heavy (non-hydrogen) atoms. The summed E-state index contributed by atoms with van der Waals surface area (Å²) in [7, 11) is -3.91. The van der Waals surface area contributed by atoms with E-state index in [1.54, 1.807) is 28.9 Å². The summed E-state index contributed by atoms with van der Waals surface area (Å²) < 4.78 is 32.5. The van der Waals surface area contributed by atoms with Crippen LogP contribution < -0.4 is 4.72 Å². The van der Waals surface area contributed by atoms with E-state index < -0.39 is 10.0 Å². The first-order chi connectivity index (χ1) is 17.3. The van der Waals surface area contributed by atoms with E-state index in [0.717, 1.165) is 32.4 Å². The monoisotopic (exact) mass is 557 g/mol. The van der Waals surface area contributed by atoms with E-state index >= 15 is 0 Å². The minimum atomic E-state index is -3.91. The normalized spacial score (nSPS) is 11.4. The fourth-order valence-corrected chi connectivity index (χ4v) is 5.54. The van der Waals surface area contributed by atoms with Gasteiger partial charge in [-0.3, -0.25) is 4.72 Å². The summed E-state index contributed by atoms with van der Waals surface area (Å²) in [5.74, 6) is 0.365. The van der Waals surface area contributed by atoms with Crippen LogP contribution in [0.5, 0.6) is 0 Å². The van der Waals surface area contributed by atoms with E-state index in [-0.39, 0.29) is 4.90 Å². The van der Waals surface area contributed by atoms with Gasteiger partial charge >= 0.3 is 0 Å². The Bertz CT molecular complexity index is 1630. The van der Waals surface area contributed by atoms with Gasteiger partial charge in [-0.1, -0.05) is 99.9 Å². The quantitative estimate of drug-likeness (QED) is 0.237. The van der Waals surface area contributed by atoms with Gasteiger partial charge in [0.15, 0.2) is 5.82 Å². The van der Waals surface area contributed by atoms with Crippen LogP contribution in [-0.2, 0) is 10.0 Å². The minimum absolute atomic E-state index is 0.184. The Kier molecular flexibility index (Phi) is 6.51. The molecule has 0 spiro atoms. The summed E-state index contributed by atoms with van der Waals surface area (Å²) in [5.41, 5.74) is 5.93. The van der Waals surface area contributed by atoms with E-state index in [0.29, 0.717) is 17.1 Å². The van der Waals surface area contributed by atoms with Gasteiger partial charge in [0, 0.05) is 15.6 Å². The number of sulfonamides is 1. The van der Waals surface area contributed by atoms with Crippen LogP contribution >= 0.6 is 15.9 Å². The van der Waals surface area contributed by atoms with Crippen LogP contribution in [0, 0.1) is 13.8 Å². The fourth-order valence-electron chi connectivity index (χ4n) is 4.00. The number of halogens is 1. The molecule has 1 aromatic heterocycles. The van der Waals surface area contributed by atoms with Crippen LogP contribution in [0.1, 0.15) is 11.1 Å². The molecule has 0 aliphatic carbocycles. The topological polar surface area (TPSA) is 64.0 Å². The molecular weight excluding hydrogens is 534 g/mol. The number of para-hydroxylation sites is 1. The van der Waals surface area contributed by atoms with Gasteiger partial charge in [-0.15, -0.1) is 0 Å². The largest absolute Gasteiger partial charge is 0.263 e. The summed E-state index contributed by atoms with van der Waals surface area (Å²) in [6.07, 6.45) is 0. The maximum absolute atomic E-state index is 13.6. The lowest BCUT2D eigenvalue weighted by molar-refractivity contribution is 0.600. The molecule has 5 rings (SSSR count). The van der Waals surface area contributed by atoms with Crippen molar-refractivity contribution in [3.8, 4) is 28.1 Å². The highest BCUT2D eigenvalue weighted by Gasteiger charge is 2.27. The molecule has 0 unspecified atom stereocenters. The first-order valence-corrected chi connectivity index (χ1v) is 13.7. The molecule has 0 aliphatic heterocycles. The van der Waals surface area contributed by atoms with Crippen LogP contribution in [0.4, 0.5) is 5.82 Å². The number of aryl methyl sites for hydroxylation is 2. The van der Waals surface area contributed by atoms with Gasteiger partial charge in [0.25, 0.3) is 10.0 Å². The van der Waals surface area contributed by atoms with Crippen molar-refractivity contribution in [3.05, 3.63) is 119 Å². The molecule has 0 atom stereocenters. The standard InChI is InChI=1S/C29H24BrN3O2S/c1-20-12-16-22(17-13-20)28-27(25-10-6-7-11-26(25)30)29(33(31-28)23-8-4-3-5-9-23)32-36(34,35)24-18-14-21(2)15-19-24/h3-19,32H,1-2H3. The second-order valence-corrected chi connectivity index (χ2v) is 11.1. The number of benzene rings is 4. The molecule has 5 aromatic rings. The highest BCUT2D eigenvalue weighted by molar-refractivity contribution is 9.10. The maximum Gasteiger partial charge on any atom is 0.263 e. The van der Waals surface area contributed by atoms with Gasteiger partial charge < -0.3 is 0 Å². The van der Waals surface area contributed by atoms with Crippen molar-refractivity contribution in [1.29, 1.82) is 0 Å². The van der Waals surface area contributed by atoms with Crippen molar-refractivity contribution in [2.45, 2.75) is 18.7 Å². The molecule has 0 aliphatic rings. The van der Waals surface area contributed by atoms with Gasteiger partial charge in [0.2, 0.25) is 0 Å². The van der Waals surface area contributed by atoms with Crippen LogP contribution in [0.25, 0.3) is 28.1 Å². The predicted octanol–water partition coefficient (Wildman–Crippen LogP) is 7.39. The average molecular weight is 559 g/mol. The molecule has 1 heterocycles.